The summed E-state index contributed by atoms with van der Waals surface area (Å²) in [7, 11) is 0. The third-order valence-electron chi connectivity index (χ3n) is 2.06. The van der Waals surface area contributed by atoms with Gasteiger partial charge in [0.25, 0.3) is 5.69 Å². The predicted molar refractivity (Wildman–Crippen MR) is 43.6 cm³/mol. The number of nitrogens with zero attached hydrogens (tertiary/aromatic N) is 1. The van der Waals surface area contributed by atoms with Crippen LogP contribution in [0.2, 0.25) is 0 Å². The van der Waals surface area contributed by atoms with Crippen LogP contribution in [0.25, 0.3) is 0 Å². The highest BCUT2D eigenvalue weighted by atomic mass is 19.3. The quantitative estimate of drug-likeness (QED) is 0.573. The lowest BCUT2D eigenvalue weighted by Gasteiger charge is -2.11. The van der Waals surface area contributed by atoms with Crippen molar-refractivity contribution in [3.8, 4) is 5.75 Å². The number of rotatable bonds is 1. The molecule has 1 N–H and O–H groups in total. The maximum Gasteiger partial charge on any atom is 0.429 e. The molecule has 1 aromatic rings. The number of fused-ring (bicyclic) bond motifs is 1. The SMILES string of the molecule is O=[N+]([O-])c1ccc2c(c1)C(O)C(F)(F)O2. The van der Waals surface area contributed by atoms with Crippen LogP contribution in [0.1, 0.15) is 11.7 Å². The summed E-state index contributed by atoms with van der Waals surface area (Å²) in [6, 6.07) is 2.95. The molecular weight excluding hydrogens is 212 g/mol. The van der Waals surface area contributed by atoms with Crippen molar-refractivity contribution in [3.05, 3.63) is 33.9 Å². The van der Waals surface area contributed by atoms with Crippen molar-refractivity contribution in [1.29, 1.82) is 0 Å². The minimum absolute atomic E-state index is 0.238. The summed E-state index contributed by atoms with van der Waals surface area (Å²) in [6.07, 6.45) is -5.88. The number of aliphatic hydroxyl groups excluding tert-OH is 1. The number of nitro benzene ring substituents is 1. The van der Waals surface area contributed by atoms with Gasteiger partial charge in [0.15, 0.2) is 6.10 Å². The second kappa shape index (κ2) is 2.86. The monoisotopic (exact) mass is 217 g/mol. The molecule has 2 rings (SSSR count). The summed E-state index contributed by atoms with van der Waals surface area (Å²) in [5.74, 6) is -0.238. The molecule has 1 aromatic carbocycles. The molecule has 7 heteroatoms. The van der Waals surface area contributed by atoms with Crippen molar-refractivity contribution in [2.24, 2.45) is 0 Å². The van der Waals surface area contributed by atoms with E-state index >= 15 is 0 Å². The molecule has 1 aliphatic rings. The lowest BCUT2D eigenvalue weighted by Crippen LogP contribution is -2.26. The highest BCUT2D eigenvalue weighted by Crippen LogP contribution is 2.46. The van der Waals surface area contributed by atoms with Crippen LogP contribution in [0.5, 0.6) is 5.75 Å². The second-order valence-corrected chi connectivity index (χ2v) is 3.05. The molecule has 15 heavy (non-hydrogen) atoms. The zero-order valence-electron chi connectivity index (χ0n) is 7.18. The fraction of sp³-hybridized carbons (Fsp3) is 0.250. The van der Waals surface area contributed by atoms with Gasteiger partial charge in [0.1, 0.15) is 5.75 Å². The van der Waals surface area contributed by atoms with Gasteiger partial charge in [-0.15, -0.1) is 0 Å². The van der Waals surface area contributed by atoms with E-state index in [1.165, 1.54) is 0 Å². The Bertz CT molecular complexity index is 435. The van der Waals surface area contributed by atoms with Gasteiger partial charge >= 0.3 is 6.11 Å². The van der Waals surface area contributed by atoms with Crippen molar-refractivity contribution in [2.45, 2.75) is 12.2 Å². The Hall–Kier alpha value is -1.76. The van der Waals surface area contributed by atoms with Crippen LogP contribution in [0.3, 0.4) is 0 Å². The number of aliphatic hydroxyl groups is 1. The topological polar surface area (TPSA) is 72.6 Å². The van der Waals surface area contributed by atoms with Crippen LogP contribution in [0.4, 0.5) is 14.5 Å². The fourth-order valence-corrected chi connectivity index (χ4v) is 1.34. The molecule has 0 bridgehead atoms. The van der Waals surface area contributed by atoms with Gasteiger partial charge in [0.05, 0.1) is 4.92 Å². The van der Waals surface area contributed by atoms with E-state index in [1.54, 1.807) is 0 Å². The summed E-state index contributed by atoms with van der Waals surface area (Å²) in [4.78, 5) is 9.63. The Morgan fingerprint density at radius 3 is 2.80 bits per heavy atom. The Morgan fingerprint density at radius 1 is 1.53 bits per heavy atom. The Labute approximate surface area is 82.0 Å². The first-order valence-electron chi connectivity index (χ1n) is 3.95. The first kappa shape index (κ1) is 9.78. The van der Waals surface area contributed by atoms with Crippen LogP contribution >= 0.6 is 0 Å². The van der Waals surface area contributed by atoms with E-state index in [0.29, 0.717) is 0 Å². The standard InChI is InChI=1S/C8H5F2NO4/c9-8(10)7(12)5-3-4(11(13)14)1-2-6(5)15-8/h1-3,7,12H. The number of hydrogen-bond donors (Lipinski definition) is 1. The van der Waals surface area contributed by atoms with E-state index in [4.69, 9.17) is 5.11 Å². The largest absolute Gasteiger partial charge is 0.430 e. The van der Waals surface area contributed by atoms with Crippen molar-refractivity contribution >= 4 is 5.69 Å². The van der Waals surface area contributed by atoms with Crippen molar-refractivity contribution in [1.82, 2.24) is 0 Å². The van der Waals surface area contributed by atoms with Crippen LogP contribution in [-0.2, 0) is 0 Å². The summed E-state index contributed by atoms with van der Waals surface area (Å²) < 4.78 is 29.8. The summed E-state index contributed by atoms with van der Waals surface area (Å²) >= 11 is 0. The normalized spacial score (nSPS) is 21.9. The van der Waals surface area contributed by atoms with E-state index in [-0.39, 0.29) is 17.0 Å². The van der Waals surface area contributed by atoms with E-state index in [2.05, 4.69) is 4.74 Å². The van der Waals surface area contributed by atoms with Gasteiger partial charge in [0, 0.05) is 17.7 Å². The number of halogens is 2. The van der Waals surface area contributed by atoms with E-state index < -0.39 is 17.1 Å². The molecule has 1 unspecified atom stereocenters. The maximum absolute atomic E-state index is 12.8. The summed E-state index contributed by atoms with van der Waals surface area (Å²) in [6.45, 7) is 0. The Balaban J connectivity index is 2.49. The van der Waals surface area contributed by atoms with Crippen LogP contribution < -0.4 is 4.74 Å². The molecule has 0 aliphatic carbocycles. The number of benzene rings is 1. The molecule has 0 saturated heterocycles. The number of hydrogen-bond acceptors (Lipinski definition) is 4. The number of alkyl halides is 2. The Kier molecular flexibility index (Phi) is 1.87. The number of nitro groups is 1. The molecule has 5 nitrogen and oxygen atoms in total. The highest BCUT2D eigenvalue weighted by molar-refractivity contribution is 5.47. The van der Waals surface area contributed by atoms with E-state index in [9.17, 15) is 18.9 Å². The maximum atomic E-state index is 12.8. The third kappa shape index (κ3) is 1.40. The van der Waals surface area contributed by atoms with Crippen molar-refractivity contribution < 1.29 is 23.5 Å². The van der Waals surface area contributed by atoms with Crippen molar-refractivity contribution in [2.75, 3.05) is 0 Å². The highest BCUT2D eigenvalue weighted by Gasteiger charge is 2.50. The lowest BCUT2D eigenvalue weighted by molar-refractivity contribution is -0.385. The smallest absolute Gasteiger partial charge is 0.429 e. The van der Waals surface area contributed by atoms with Crippen LogP contribution in [0, 0.1) is 10.1 Å². The van der Waals surface area contributed by atoms with Crippen LogP contribution in [-0.4, -0.2) is 16.1 Å². The van der Waals surface area contributed by atoms with Crippen molar-refractivity contribution in [3.63, 3.8) is 0 Å². The minimum atomic E-state index is -3.72. The van der Waals surface area contributed by atoms with Gasteiger partial charge in [-0.2, -0.15) is 8.78 Å². The van der Waals surface area contributed by atoms with Gasteiger partial charge < -0.3 is 9.84 Å². The number of ether oxygens (including phenoxy) is 1. The molecule has 0 fully saturated rings. The number of non-ortho nitro benzene ring substituents is 1. The van der Waals surface area contributed by atoms with Gasteiger partial charge in [-0.05, 0) is 6.07 Å². The average Bonchev–Trinajstić information content (AvgIpc) is 2.37. The van der Waals surface area contributed by atoms with E-state index in [1.807, 2.05) is 0 Å². The third-order valence-corrected chi connectivity index (χ3v) is 2.06. The molecule has 80 valence electrons. The molecule has 1 atom stereocenters. The lowest BCUT2D eigenvalue weighted by atomic mass is 10.1. The molecule has 0 radical (unpaired) electrons. The van der Waals surface area contributed by atoms with E-state index in [0.717, 1.165) is 18.2 Å². The van der Waals surface area contributed by atoms with Gasteiger partial charge in [0.2, 0.25) is 0 Å². The Morgan fingerprint density at radius 2 is 2.20 bits per heavy atom. The first-order chi connectivity index (χ1) is 6.92. The molecular formula is C8H5F2NO4. The molecule has 0 saturated carbocycles. The molecule has 1 heterocycles. The zero-order chi connectivity index (χ0) is 11.2. The van der Waals surface area contributed by atoms with Gasteiger partial charge in [-0.1, -0.05) is 0 Å². The molecule has 0 spiro atoms. The minimum Gasteiger partial charge on any atom is -0.430 e. The average molecular weight is 217 g/mol. The van der Waals surface area contributed by atoms with Crippen LogP contribution in [0.15, 0.2) is 18.2 Å². The molecule has 0 aromatic heterocycles. The van der Waals surface area contributed by atoms with Gasteiger partial charge in [-0.3, -0.25) is 10.1 Å². The summed E-state index contributed by atoms with van der Waals surface area (Å²) in [5, 5.41) is 19.5. The zero-order valence-corrected chi connectivity index (χ0v) is 7.18. The van der Waals surface area contributed by atoms with Gasteiger partial charge in [-0.25, -0.2) is 0 Å². The molecule has 0 amide bonds. The summed E-state index contributed by atoms with van der Waals surface area (Å²) in [5.41, 5.74) is -0.636. The second-order valence-electron chi connectivity index (χ2n) is 3.05. The molecule has 1 aliphatic heterocycles. The first-order valence-corrected chi connectivity index (χ1v) is 3.95. The predicted octanol–water partition coefficient (Wildman–Crippen LogP) is 1.61. The fourth-order valence-electron chi connectivity index (χ4n) is 1.34.